The summed E-state index contributed by atoms with van der Waals surface area (Å²) in [7, 11) is 0. The Kier molecular flexibility index (Phi) is 5.57. The molecule has 0 spiro atoms. The third-order valence-electron chi connectivity index (χ3n) is 3.22. The van der Waals surface area contributed by atoms with Gasteiger partial charge in [0, 0.05) is 16.1 Å². The van der Waals surface area contributed by atoms with E-state index in [1.54, 1.807) is 18.2 Å². The van der Waals surface area contributed by atoms with Crippen LogP contribution in [0.1, 0.15) is 24.1 Å². The van der Waals surface area contributed by atoms with Crippen molar-refractivity contribution in [1.29, 1.82) is 0 Å². The summed E-state index contributed by atoms with van der Waals surface area (Å²) >= 11 is 12.1. The maximum atomic E-state index is 13.8. The maximum Gasteiger partial charge on any atom is 0.126 e. The molecule has 0 amide bonds. The first-order valence-electron chi connectivity index (χ1n) is 6.63. The zero-order valence-corrected chi connectivity index (χ0v) is 13.0. The van der Waals surface area contributed by atoms with Crippen molar-refractivity contribution in [3.63, 3.8) is 0 Å². The van der Waals surface area contributed by atoms with Crippen molar-refractivity contribution in [3.05, 3.63) is 69.2 Å². The molecule has 0 bridgehead atoms. The number of rotatable bonds is 5. The van der Waals surface area contributed by atoms with Crippen LogP contribution in [0, 0.1) is 11.6 Å². The van der Waals surface area contributed by atoms with Gasteiger partial charge in [0.2, 0.25) is 0 Å². The Hall–Kier alpha value is -1.16. The number of nitrogens with one attached hydrogen (secondary N) is 1. The first-order valence-corrected chi connectivity index (χ1v) is 7.39. The number of halogens is 4. The smallest absolute Gasteiger partial charge is 0.126 e. The van der Waals surface area contributed by atoms with Gasteiger partial charge in [-0.3, -0.25) is 0 Å². The molecular formula is C16H15Cl2F2N. The molecule has 0 aromatic heterocycles. The molecule has 0 aliphatic heterocycles. The van der Waals surface area contributed by atoms with E-state index in [2.05, 4.69) is 5.32 Å². The van der Waals surface area contributed by atoms with Gasteiger partial charge >= 0.3 is 0 Å². The van der Waals surface area contributed by atoms with Crippen molar-refractivity contribution in [3.8, 4) is 0 Å². The average Bonchev–Trinajstić information content (AvgIpc) is 2.42. The van der Waals surface area contributed by atoms with E-state index in [9.17, 15) is 8.78 Å². The molecule has 0 radical (unpaired) electrons. The fourth-order valence-electron chi connectivity index (χ4n) is 2.24. The average molecular weight is 330 g/mol. The van der Waals surface area contributed by atoms with E-state index < -0.39 is 11.6 Å². The Morgan fingerprint density at radius 2 is 1.86 bits per heavy atom. The highest BCUT2D eigenvalue weighted by molar-refractivity contribution is 6.35. The summed E-state index contributed by atoms with van der Waals surface area (Å²) in [5, 5.41) is 4.28. The minimum Gasteiger partial charge on any atom is -0.310 e. The Bertz CT molecular complexity index is 632. The molecule has 1 nitrogen and oxygen atoms in total. The molecule has 21 heavy (non-hydrogen) atoms. The minimum atomic E-state index is -0.455. The molecule has 1 unspecified atom stereocenters. The van der Waals surface area contributed by atoms with Crippen molar-refractivity contribution in [1.82, 2.24) is 5.32 Å². The molecule has 1 N–H and O–H groups in total. The van der Waals surface area contributed by atoms with Gasteiger partial charge in [-0.25, -0.2) is 8.78 Å². The third-order valence-corrected chi connectivity index (χ3v) is 3.78. The van der Waals surface area contributed by atoms with Crippen molar-refractivity contribution in [2.75, 3.05) is 6.54 Å². The maximum absolute atomic E-state index is 13.8. The van der Waals surface area contributed by atoms with Gasteiger partial charge in [0.25, 0.3) is 0 Å². The third kappa shape index (κ3) is 4.16. The second-order valence-electron chi connectivity index (χ2n) is 4.72. The number of hydrogen-bond donors (Lipinski definition) is 1. The molecule has 0 heterocycles. The van der Waals surface area contributed by atoms with E-state index in [1.165, 1.54) is 6.07 Å². The molecule has 2 rings (SSSR count). The lowest BCUT2D eigenvalue weighted by molar-refractivity contribution is 0.522. The lowest BCUT2D eigenvalue weighted by Gasteiger charge is -2.20. The van der Waals surface area contributed by atoms with Crippen LogP contribution in [0.3, 0.4) is 0 Å². The number of hydrogen-bond acceptors (Lipinski definition) is 1. The van der Waals surface area contributed by atoms with E-state index >= 15 is 0 Å². The molecule has 0 aliphatic rings. The SMILES string of the molecule is CCNC(Cc1cc(F)ccc1F)c1ccc(Cl)cc1Cl. The summed E-state index contributed by atoms with van der Waals surface area (Å²) in [6.45, 7) is 2.62. The van der Waals surface area contributed by atoms with E-state index in [-0.39, 0.29) is 6.04 Å². The molecule has 0 saturated heterocycles. The summed E-state index contributed by atoms with van der Waals surface area (Å²) in [5.41, 5.74) is 1.12. The predicted octanol–water partition coefficient (Wildman–Crippen LogP) is 5.16. The fraction of sp³-hybridized carbons (Fsp3) is 0.250. The second kappa shape index (κ2) is 7.21. The lowest BCUT2D eigenvalue weighted by atomic mass is 9.98. The molecule has 0 fully saturated rings. The van der Waals surface area contributed by atoms with Gasteiger partial charge in [-0.15, -0.1) is 0 Å². The summed E-state index contributed by atoms with van der Waals surface area (Å²) in [6.07, 6.45) is 0.304. The van der Waals surface area contributed by atoms with E-state index in [4.69, 9.17) is 23.2 Å². The molecule has 0 aliphatic carbocycles. The fourth-order valence-corrected chi connectivity index (χ4v) is 2.78. The van der Waals surface area contributed by atoms with Gasteiger partial charge in [0.05, 0.1) is 0 Å². The van der Waals surface area contributed by atoms with Crippen LogP contribution in [0.25, 0.3) is 0 Å². The second-order valence-corrected chi connectivity index (χ2v) is 5.56. The highest BCUT2D eigenvalue weighted by atomic mass is 35.5. The van der Waals surface area contributed by atoms with Crippen molar-refractivity contribution >= 4 is 23.2 Å². The Morgan fingerprint density at radius 3 is 2.52 bits per heavy atom. The zero-order valence-electron chi connectivity index (χ0n) is 11.5. The van der Waals surface area contributed by atoms with E-state index in [0.717, 1.165) is 17.7 Å². The first kappa shape index (κ1) is 16.2. The quantitative estimate of drug-likeness (QED) is 0.798. The molecule has 2 aromatic rings. The summed E-state index contributed by atoms with van der Waals surface area (Å²) in [5.74, 6) is -0.881. The lowest BCUT2D eigenvalue weighted by Crippen LogP contribution is -2.23. The topological polar surface area (TPSA) is 12.0 Å². The van der Waals surface area contributed by atoms with Crippen LogP contribution in [0.2, 0.25) is 10.0 Å². The van der Waals surface area contributed by atoms with Crippen LogP contribution in [0.15, 0.2) is 36.4 Å². The number of likely N-dealkylation sites (N-methyl/N-ethyl adjacent to an activating group) is 1. The van der Waals surface area contributed by atoms with Crippen LogP contribution in [-0.2, 0) is 6.42 Å². The van der Waals surface area contributed by atoms with Crippen LogP contribution < -0.4 is 5.32 Å². The molecular weight excluding hydrogens is 315 g/mol. The summed E-state index contributed by atoms with van der Waals surface area (Å²) < 4.78 is 27.1. The molecule has 1 atom stereocenters. The van der Waals surface area contributed by atoms with Crippen LogP contribution in [0.5, 0.6) is 0 Å². The molecule has 2 aromatic carbocycles. The molecule has 0 saturated carbocycles. The molecule has 5 heteroatoms. The van der Waals surface area contributed by atoms with Crippen LogP contribution >= 0.6 is 23.2 Å². The monoisotopic (exact) mass is 329 g/mol. The minimum absolute atomic E-state index is 0.212. The van der Waals surface area contributed by atoms with Gasteiger partial charge in [0.15, 0.2) is 0 Å². The van der Waals surface area contributed by atoms with Gasteiger partial charge in [-0.05, 0) is 54.4 Å². The first-order chi connectivity index (χ1) is 10.0. The van der Waals surface area contributed by atoms with Crippen molar-refractivity contribution in [2.45, 2.75) is 19.4 Å². The number of benzene rings is 2. The van der Waals surface area contributed by atoms with Gasteiger partial charge in [-0.2, -0.15) is 0 Å². The largest absolute Gasteiger partial charge is 0.310 e. The van der Waals surface area contributed by atoms with E-state index in [0.29, 0.717) is 28.6 Å². The zero-order chi connectivity index (χ0) is 15.4. The highest BCUT2D eigenvalue weighted by Crippen LogP contribution is 2.29. The summed E-state index contributed by atoms with van der Waals surface area (Å²) in [6, 6.07) is 8.42. The van der Waals surface area contributed by atoms with Gasteiger partial charge in [0.1, 0.15) is 11.6 Å². The standard InChI is InChI=1S/C16H15Cl2F2N/c1-2-21-16(13-5-3-11(17)9-14(13)18)8-10-7-12(19)4-6-15(10)20/h3-7,9,16,21H,2,8H2,1H3. The van der Waals surface area contributed by atoms with Crippen LogP contribution in [-0.4, -0.2) is 6.54 Å². The highest BCUT2D eigenvalue weighted by Gasteiger charge is 2.17. The Labute approximate surface area is 132 Å². The Balaban J connectivity index is 2.32. The van der Waals surface area contributed by atoms with Crippen molar-refractivity contribution in [2.24, 2.45) is 0 Å². The molecule has 112 valence electrons. The Morgan fingerprint density at radius 1 is 1.10 bits per heavy atom. The van der Waals surface area contributed by atoms with E-state index in [1.807, 2.05) is 6.92 Å². The van der Waals surface area contributed by atoms with Gasteiger partial charge in [-0.1, -0.05) is 36.2 Å². The summed E-state index contributed by atoms with van der Waals surface area (Å²) in [4.78, 5) is 0. The predicted molar refractivity (Wildman–Crippen MR) is 82.9 cm³/mol. The van der Waals surface area contributed by atoms with Gasteiger partial charge < -0.3 is 5.32 Å². The van der Waals surface area contributed by atoms with Crippen LogP contribution in [0.4, 0.5) is 8.78 Å². The van der Waals surface area contributed by atoms with Crippen molar-refractivity contribution < 1.29 is 8.78 Å². The normalized spacial score (nSPS) is 12.4.